The molecule has 0 radical (unpaired) electrons. The van der Waals surface area contributed by atoms with Crippen molar-refractivity contribution in [1.29, 1.82) is 0 Å². The number of amides is 1. The molecule has 3 N–H and O–H groups in total. The maximum Gasteiger partial charge on any atom is 0.229 e. The number of aryl methyl sites for hydroxylation is 1. The van der Waals surface area contributed by atoms with Crippen molar-refractivity contribution in [3.63, 3.8) is 0 Å². The first-order valence-corrected chi connectivity index (χ1v) is 13.1. The van der Waals surface area contributed by atoms with Crippen molar-refractivity contribution >= 4 is 34.7 Å². The monoisotopic (exact) mass is 503 g/mol. The van der Waals surface area contributed by atoms with Gasteiger partial charge in [0.25, 0.3) is 0 Å². The molecule has 196 valence electrons. The highest BCUT2D eigenvalue weighted by Crippen LogP contribution is 2.33. The van der Waals surface area contributed by atoms with E-state index < -0.39 is 0 Å². The molecule has 1 fully saturated rings. The van der Waals surface area contributed by atoms with Gasteiger partial charge in [-0.15, -0.1) is 0 Å². The van der Waals surface area contributed by atoms with Crippen LogP contribution in [0.2, 0.25) is 0 Å². The summed E-state index contributed by atoms with van der Waals surface area (Å²) in [5.41, 5.74) is 2.93. The molecule has 0 bridgehead atoms. The third-order valence-corrected chi connectivity index (χ3v) is 6.57. The Labute approximate surface area is 219 Å². The van der Waals surface area contributed by atoms with Crippen LogP contribution in [0.15, 0.2) is 48.5 Å². The number of ether oxygens (including phenoxy) is 2. The van der Waals surface area contributed by atoms with E-state index in [-0.39, 0.29) is 11.8 Å². The van der Waals surface area contributed by atoms with E-state index in [0.29, 0.717) is 42.3 Å². The van der Waals surface area contributed by atoms with Crippen molar-refractivity contribution in [2.24, 2.45) is 11.8 Å². The summed E-state index contributed by atoms with van der Waals surface area (Å²) in [4.78, 5) is 22.6. The van der Waals surface area contributed by atoms with Crippen molar-refractivity contribution in [2.45, 2.75) is 53.4 Å². The second-order valence-electron chi connectivity index (χ2n) is 9.47. The molecule has 1 amide bonds. The van der Waals surface area contributed by atoms with Gasteiger partial charge in [-0.2, -0.15) is 4.98 Å². The Bertz CT molecular complexity index is 1170. The Morgan fingerprint density at radius 3 is 1.92 bits per heavy atom. The molecule has 1 aromatic heterocycles. The van der Waals surface area contributed by atoms with Gasteiger partial charge in [0.05, 0.1) is 18.9 Å². The lowest BCUT2D eigenvalue weighted by Gasteiger charge is -2.26. The highest BCUT2D eigenvalue weighted by molar-refractivity contribution is 5.96. The van der Waals surface area contributed by atoms with Gasteiger partial charge in [0.1, 0.15) is 17.2 Å². The van der Waals surface area contributed by atoms with Crippen LogP contribution in [0.25, 0.3) is 0 Å². The molecule has 2 aromatic carbocycles. The van der Waals surface area contributed by atoms with E-state index in [1.165, 1.54) is 0 Å². The van der Waals surface area contributed by atoms with Crippen LogP contribution in [-0.2, 0) is 4.79 Å². The molecule has 1 aliphatic rings. The van der Waals surface area contributed by atoms with E-state index in [1.54, 1.807) is 0 Å². The van der Waals surface area contributed by atoms with E-state index in [9.17, 15) is 4.79 Å². The fourth-order valence-electron chi connectivity index (χ4n) is 4.48. The van der Waals surface area contributed by atoms with Crippen LogP contribution in [0.1, 0.15) is 52.1 Å². The second kappa shape index (κ2) is 12.4. The lowest BCUT2D eigenvalue weighted by Crippen LogP contribution is -2.27. The average Bonchev–Trinajstić information content (AvgIpc) is 2.89. The Morgan fingerprint density at radius 2 is 1.38 bits per heavy atom. The molecule has 4 rings (SSSR count). The Kier molecular flexibility index (Phi) is 8.82. The lowest BCUT2D eigenvalue weighted by atomic mass is 9.82. The summed E-state index contributed by atoms with van der Waals surface area (Å²) in [5.74, 6) is 3.28. The predicted molar refractivity (Wildman–Crippen MR) is 148 cm³/mol. The summed E-state index contributed by atoms with van der Waals surface area (Å²) in [6.45, 7) is 9.26. The number of nitrogens with zero attached hydrogens (tertiary/aromatic N) is 2. The van der Waals surface area contributed by atoms with E-state index in [4.69, 9.17) is 14.5 Å². The minimum Gasteiger partial charge on any atom is -0.494 e. The quantitative estimate of drug-likeness (QED) is 0.279. The number of hydrogen-bond donors (Lipinski definition) is 3. The van der Waals surface area contributed by atoms with Crippen molar-refractivity contribution in [1.82, 2.24) is 9.97 Å². The number of hydrogen-bond acceptors (Lipinski definition) is 7. The van der Waals surface area contributed by atoms with Crippen molar-refractivity contribution in [3.8, 4) is 11.5 Å². The third-order valence-electron chi connectivity index (χ3n) is 6.57. The van der Waals surface area contributed by atoms with Crippen LogP contribution in [0, 0.1) is 18.8 Å². The summed E-state index contributed by atoms with van der Waals surface area (Å²) in [5, 5.41) is 9.77. The van der Waals surface area contributed by atoms with Gasteiger partial charge in [0, 0.05) is 17.3 Å². The topological polar surface area (TPSA) is 97.4 Å². The van der Waals surface area contributed by atoms with Gasteiger partial charge in [0.15, 0.2) is 5.82 Å². The molecular formula is C29H37N5O3. The summed E-state index contributed by atoms with van der Waals surface area (Å²) < 4.78 is 11.1. The molecule has 0 aliphatic heterocycles. The summed E-state index contributed by atoms with van der Waals surface area (Å²) in [7, 11) is 0. The Balaban J connectivity index is 1.59. The van der Waals surface area contributed by atoms with Gasteiger partial charge < -0.3 is 25.4 Å². The third kappa shape index (κ3) is 7.12. The number of carbonyl (C=O) groups is 1. The van der Waals surface area contributed by atoms with Gasteiger partial charge in [-0.05, 0) is 101 Å². The van der Waals surface area contributed by atoms with Crippen molar-refractivity contribution in [3.05, 3.63) is 54.2 Å². The van der Waals surface area contributed by atoms with Gasteiger partial charge in [0.2, 0.25) is 11.9 Å². The Hall–Kier alpha value is -3.81. The van der Waals surface area contributed by atoms with Crippen LogP contribution in [-0.4, -0.2) is 29.1 Å². The van der Waals surface area contributed by atoms with E-state index in [2.05, 4.69) is 27.9 Å². The fourth-order valence-corrected chi connectivity index (χ4v) is 4.48. The number of carbonyl (C=O) groups excluding carboxylic acids is 1. The molecule has 1 heterocycles. The molecule has 0 unspecified atom stereocenters. The Morgan fingerprint density at radius 1 is 0.838 bits per heavy atom. The molecule has 1 aliphatic carbocycles. The maximum atomic E-state index is 13.2. The molecule has 1 saturated carbocycles. The van der Waals surface area contributed by atoms with Gasteiger partial charge in [-0.3, -0.25) is 4.79 Å². The molecule has 0 atom stereocenters. The molecule has 3 aromatic rings. The fraction of sp³-hybridized carbons (Fsp3) is 0.414. The first-order chi connectivity index (χ1) is 17.9. The second-order valence-corrected chi connectivity index (χ2v) is 9.47. The largest absolute Gasteiger partial charge is 0.494 e. The number of nitrogens with one attached hydrogen (secondary N) is 3. The van der Waals surface area contributed by atoms with Crippen LogP contribution in [0.4, 0.5) is 28.8 Å². The predicted octanol–water partition coefficient (Wildman–Crippen LogP) is 6.83. The lowest BCUT2D eigenvalue weighted by molar-refractivity contribution is -0.121. The smallest absolute Gasteiger partial charge is 0.229 e. The molecule has 8 nitrogen and oxygen atoms in total. The normalized spacial score (nSPS) is 17.1. The molecule has 8 heteroatoms. The minimum absolute atomic E-state index is 0.00980. The zero-order chi connectivity index (χ0) is 26.2. The van der Waals surface area contributed by atoms with Gasteiger partial charge in [-0.25, -0.2) is 4.98 Å². The number of benzene rings is 2. The van der Waals surface area contributed by atoms with Crippen LogP contribution < -0.4 is 25.4 Å². The standard InChI is InChI=1S/C29H37N5O3/c1-5-36-24-15-11-22(12-16-24)31-27-26(33-28(35)21-9-7-19(3)8-10-21)20(4)30-29(34-27)32-23-13-17-25(18-14-23)37-6-2/h11-19,21H,5-10H2,1-4H3,(H,33,35)(H2,30,31,32,34). The summed E-state index contributed by atoms with van der Waals surface area (Å²) in [6.07, 6.45) is 3.98. The van der Waals surface area contributed by atoms with E-state index in [1.807, 2.05) is 69.3 Å². The minimum atomic E-state index is 0.00980. The van der Waals surface area contributed by atoms with Gasteiger partial charge >= 0.3 is 0 Å². The maximum absolute atomic E-state index is 13.2. The zero-order valence-corrected chi connectivity index (χ0v) is 22.1. The average molecular weight is 504 g/mol. The zero-order valence-electron chi connectivity index (χ0n) is 22.1. The van der Waals surface area contributed by atoms with Crippen LogP contribution in [0.5, 0.6) is 11.5 Å². The number of rotatable bonds is 10. The van der Waals surface area contributed by atoms with E-state index >= 15 is 0 Å². The van der Waals surface area contributed by atoms with Gasteiger partial charge in [-0.1, -0.05) is 6.92 Å². The summed E-state index contributed by atoms with van der Waals surface area (Å²) >= 11 is 0. The first kappa shape index (κ1) is 26.3. The SMILES string of the molecule is CCOc1ccc(Nc2nc(C)c(NC(=O)C3CCC(C)CC3)c(Nc3ccc(OCC)cc3)n2)cc1. The number of aromatic nitrogens is 2. The van der Waals surface area contributed by atoms with Crippen LogP contribution in [0.3, 0.4) is 0 Å². The molecule has 0 spiro atoms. The first-order valence-electron chi connectivity index (χ1n) is 13.1. The van der Waals surface area contributed by atoms with E-state index in [0.717, 1.165) is 48.6 Å². The molecule has 0 saturated heterocycles. The number of anilines is 5. The van der Waals surface area contributed by atoms with Crippen molar-refractivity contribution < 1.29 is 14.3 Å². The van der Waals surface area contributed by atoms with Crippen LogP contribution >= 0.6 is 0 Å². The highest BCUT2D eigenvalue weighted by atomic mass is 16.5. The highest BCUT2D eigenvalue weighted by Gasteiger charge is 2.26. The van der Waals surface area contributed by atoms with Crippen molar-refractivity contribution in [2.75, 3.05) is 29.2 Å². The summed E-state index contributed by atoms with van der Waals surface area (Å²) in [6, 6.07) is 15.3. The molecule has 37 heavy (non-hydrogen) atoms. The molecular weight excluding hydrogens is 466 g/mol.